The van der Waals surface area contributed by atoms with E-state index in [1.165, 1.54) is 27.7 Å². The lowest BCUT2D eigenvalue weighted by atomic mass is 10.1. The zero-order valence-electron chi connectivity index (χ0n) is 9.59. The summed E-state index contributed by atoms with van der Waals surface area (Å²) < 4.78 is 0. The third-order valence-corrected chi connectivity index (χ3v) is 2.93. The summed E-state index contributed by atoms with van der Waals surface area (Å²) in [5, 5.41) is 1.32. The molecule has 0 saturated heterocycles. The molecule has 1 aromatic heterocycles. The molecular weight excluding hydrogens is 184 g/mol. The molecule has 1 atom stereocenters. The fourth-order valence-corrected chi connectivity index (χ4v) is 2.08. The highest BCUT2D eigenvalue weighted by Gasteiger charge is 2.09. The molecule has 0 aliphatic carbocycles. The Morgan fingerprint density at radius 2 is 2.07 bits per heavy atom. The zero-order valence-corrected chi connectivity index (χ0v) is 9.59. The summed E-state index contributed by atoms with van der Waals surface area (Å²) in [6, 6.07) is 6.61. The number of benzene rings is 1. The zero-order chi connectivity index (χ0) is 11.0. The molecule has 15 heavy (non-hydrogen) atoms. The van der Waals surface area contributed by atoms with Gasteiger partial charge in [-0.25, -0.2) is 0 Å². The maximum atomic E-state index is 5.83. The van der Waals surface area contributed by atoms with Crippen LogP contribution >= 0.6 is 0 Å². The second-order valence-electron chi connectivity index (χ2n) is 4.41. The Bertz CT molecular complexity index is 480. The number of nitrogens with one attached hydrogen (secondary N) is 1. The van der Waals surface area contributed by atoms with E-state index in [9.17, 15) is 0 Å². The summed E-state index contributed by atoms with van der Waals surface area (Å²) in [6.07, 6.45) is 0.917. The molecule has 0 radical (unpaired) electrons. The predicted octanol–water partition coefficient (Wildman–Crippen LogP) is 2.67. The smallest absolute Gasteiger partial charge is 0.0488 e. The van der Waals surface area contributed by atoms with Crippen LogP contribution in [0.3, 0.4) is 0 Å². The summed E-state index contributed by atoms with van der Waals surface area (Å²) >= 11 is 0. The summed E-state index contributed by atoms with van der Waals surface area (Å²) in [5.74, 6) is 0. The minimum Gasteiger partial charge on any atom is -0.358 e. The second kappa shape index (κ2) is 3.70. The summed E-state index contributed by atoms with van der Waals surface area (Å²) in [4.78, 5) is 3.48. The van der Waals surface area contributed by atoms with Gasteiger partial charge in [0.15, 0.2) is 0 Å². The number of rotatable bonds is 2. The average Bonchev–Trinajstić information content (AvgIpc) is 2.46. The maximum absolute atomic E-state index is 5.83. The van der Waals surface area contributed by atoms with Gasteiger partial charge in [0.1, 0.15) is 0 Å². The van der Waals surface area contributed by atoms with Gasteiger partial charge in [-0.05, 0) is 31.9 Å². The molecule has 1 heterocycles. The quantitative estimate of drug-likeness (QED) is 0.772. The topological polar surface area (TPSA) is 41.8 Å². The van der Waals surface area contributed by atoms with E-state index in [1.54, 1.807) is 0 Å². The Labute approximate surface area is 90.5 Å². The fourth-order valence-electron chi connectivity index (χ4n) is 2.08. The van der Waals surface area contributed by atoms with Crippen LogP contribution in [0, 0.1) is 13.8 Å². The van der Waals surface area contributed by atoms with Gasteiger partial charge in [-0.2, -0.15) is 0 Å². The minimum atomic E-state index is 0.206. The number of hydrogen-bond acceptors (Lipinski definition) is 1. The van der Waals surface area contributed by atoms with Crippen molar-refractivity contribution >= 4 is 10.9 Å². The minimum absolute atomic E-state index is 0.206. The molecule has 2 rings (SSSR count). The highest BCUT2D eigenvalue weighted by atomic mass is 14.7. The van der Waals surface area contributed by atoms with Crippen molar-refractivity contribution in [2.45, 2.75) is 33.2 Å². The molecule has 2 aromatic rings. The van der Waals surface area contributed by atoms with Gasteiger partial charge in [0.2, 0.25) is 0 Å². The van der Waals surface area contributed by atoms with E-state index in [0.717, 1.165) is 6.42 Å². The number of aromatic amines is 1. The van der Waals surface area contributed by atoms with Gasteiger partial charge in [0.25, 0.3) is 0 Å². The normalized spacial score (nSPS) is 13.3. The van der Waals surface area contributed by atoms with Crippen LogP contribution in [0.4, 0.5) is 0 Å². The van der Waals surface area contributed by atoms with E-state index in [-0.39, 0.29) is 6.04 Å². The first-order valence-electron chi connectivity index (χ1n) is 5.42. The molecule has 0 aliphatic heterocycles. The van der Waals surface area contributed by atoms with Gasteiger partial charge < -0.3 is 10.7 Å². The number of nitrogens with two attached hydrogens (primary N) is 1. The van der Waals surface area contributed by atoms with Crippen LogP contribution in [0.2, 0.25) is 0 Å². The average molecular weight is 202 g/mol. The van der Waals surface area contributed by atoms with Gasteiger partial charge in [-0.1, -0.05) is 18.2 Å². The molecule has 0 amide bonds. The molecule has 0 bridgehead atoms. The standard InChI is InChI=1S/C13H18N2/c1-8-5-4-6-11-10(3)12(7-9(2)14)15-13(8)11/h4-6,9,15H,7,14H2,1-3H3. The van der Waals surface area contributed by atoms with E-state index >= 15 is 0 Å². The third-order valence-electron chi connectivity index (χ3n) is 2.93. The van der Waals surface area contributed by atoms with Crippen molar-refractivity contribution in [1.82, 2.24) is 4.98 Å². The van der Waals surface area contributed by atoms with Gasteiger partial charge in [0.05, 0.1) is 0 Å². The van der Waals surface area contributed by atoms with E-state index in [1.807, 2.05) is 6.92 Å². The molecule has 0 saturated carbocycles. The SMILES string of the molecule is Cc1c(CC(C)N)[nH]c2c(C)cccc12. The van der Waals surface area contributed by atoms with Gasteiger partial charge in [0, 0.05) is 29.1 Å². The lowest BCUT2D eigenvalue weighted by Gasteiger charge is -2.03. The Balaban J connectivity index is 2.59. The van der Waals surface area contributed by atoms with Crippen molar-refractivity contribution in [1.29, 1.82) is 0 Å². The molecule has 0 fully saturated rings. The molecule has 3 N–H and O–H groups in total. The summed E-state index contributed by atoms with van der Waals surface area (Å²) in [7, 11) is 0. The van der Waals surface area contributed by atoms with Crippen molar-refractivity contribution in [3.05, 3.63) is 35.0 Å². The Hall–Kier alpha value is -1.28. The highest BCUT2D eigenvalue weighted by Crippen LogP contribution is 2.24. The summed E-state index contributed by atoms with van der Waals surface area (Å²) in [6.45, 7) is 6.34. The Kier molecular flexibility index (Phi) is 2.53. The molecule has 2 heteroatoms. The van der Waals surface area contributed by atoms with Crippen molar-refractivity contribution in [2.24, 2.45) is 5.73 Å². The first-order chi connectivity index (χ1) is 7.09. The van der Waals surface area contributed by atoms with Gasteiger partial charge in [-0.15, -0.1) is 0 Å². The Morgan fingerprint density at radius 1 is 1.33 bits per heavy atom. The van der Waals surface area contributed by atoms with Crippen molar-refractivity contribution in [2.75, 3.05) is 0 Å². The first-order valence-corrected chi connectivity index (χ1v) is 5.42. The number of para-hydroxylation sites is 1. The van der Waals surface area contributed by atoms with Crippen LogP contribution in [0.15, 0.2) is 18.2 Å². The lowest BCUT2D eigenvalue weighted by Crippen LogP contribution is -2.18. The van der Waals surface area contributed by atoms with Crippen molar-refractivity contribution in [3.63, 3.8) is 0 Å². The van der Waals surface area contributed by atoms with Gasteiger partial charge in [-0.3, -0.25) is 0 Å². The largest absolute Gasteiger partial charge is 0.358 e. The van der Waals surface area contributed by atoms with Crippen molar-refractivity contribution < 1.29 is 0 Å². The Morgan fingerprint density at radius 3 is 2.67 bits per heavy atom. The number of aryl methyl sites for hydroxylation is 2. The molecule has 0 aliphatic rings. The molecule has 1 aromatic carbocycles. The third kappa shape index (κ3) is 1.77. The van der Waals surface area contributed by atoms with Crippen LogP contribution in [0.1, 0.15) is 23.7 Å². The van der Waals surface area contributed by atoms with Crippen LogP contribution in [-0.4, -0.2) is 11.0 Å². The number of aromatic nitrogens is 1. The predicted molar refractivity (Wildman–Crippen MR) is 65.1 cm³/mol. The van der Waals surface area contributed by atoms with Crippen molar-refractivity contribution in [3.8, 4) is 0 Å². The lowest BCUT2D eigenvalue weighted by molar-refractivity contribution is 0.723. The molecule has 1 unspecified atom stereocenters. The number of hydrogen-bond donors (Lipinski definition) is 2. The van der Waals surface area contributed by atoms with E-state index in [2.05, 4.69) is 37.0 Å². The molecule has 80 valence electrons. The number of H-pyrrole nitrogens is 1. The highest BCUT2D eigenvalue weighted by molar-refractivity contribution is 5.86. The van der Waals surface area contributed by atoms with Crippen LogP contribution in [-0.2, 0) is 6.42 Å². The van der Waals surface area contributed by atoms with Crippen LogP contribution in [0.5, 0.6) is 0 Å². The monoisotopic (exact) mass is 202 g/mol. The van der Waals surface area contributed by atoms with E-state index in [0.29, 0.717) is 0 Å². The number of fused-ring (bicyclic) bond motifs is 1. The summed E-state index contributed by atoms with van der Waals surface area (Å²) in [5.41, 5.74) is 11.0. The van der Waals surface area contributed by atoms with Crippen LogP contribution in [0.25, 0.3) is 10.9 Å². The van der Waals surface area contributed by atoms with Crippen LogP contribution < -0.4 is 5.73 Å². The second-order valence-corrected chi connectivity index (χ2v) is 4.41. The maximum Gasteiger partial charge on any atom is 0.0488 e. The fraction of sp³-hybridized carbons (Fsp3) is 0.385. The van der Waals surface area contributed by atoms with E-state index in [4.69, 9.17) is 5.73 Å². The molecule has 0 spiro atoms. The van der Waals surface area contributed by atoms with Gasteiger partial charge >= 0.3 is 0 Å². The first kappa shape index (κ1) is 10.2. The molecule has 2 nitrogen and oxygen atoms in total. The molecular formula is C13H18N2. The van der Waals surface area contributed by atoms with E-state index < -0.39 is 0 Å².